The van der Waals surface area contributed by atoms with Crippen molar-refractivity contribution < 1.29 is 19.1 Å². The van der Waals surface area contributed by atoms with Crippen LogP contribution in [0, 0.1) is 0 Å². The summed E-state index contributed by atoms with van der Waals surface area (Å²) in [5.74, 6) is -0.770. The highest BCUT2D eigenvalue weighted by molar-refractivity contribution is 9.10. The Bertz CT molecular complexity index is 1080. The number of rotatable bonds is 4. The number of hydrogen-bond acceptors (Lipinski definition) is 4. The van der Waals surface area contributed by atoms with E-state index in [1.165, 1.54) is 0 Å². The van der Waals surface area contributed by atoms with E-state index >= 15 is 0 Å². The standard InChI is InChI=1S/C22H24BrNO4/c1-6-24-17-9-8-13(20(25)27-7-2)10-15(17)19-16(11-14(23)12-18(19)24)21(26)28-22(3,4)5/h8-12H,6-7H2,1-5H3. The van der Waals surface area contributed by atoms with Crippen LogP contribution in [0.3, 0.4) is 0 Å². The number of halogens is 1. The van der Waals surface area contributed by atoms with Gasteiger partial charge in [0.2, 0.25) is 0 Å². The molecule has 0 atom stereocenters. The van der Waals surface area contributed by atoms with Gasteiger partial charge < -0.3 is 14.0 Å². The Morgan fingerprint density at radius 3 is 2.36 bits per heavy atom. The zero-order valence-electron chi connectivity index (χ0n) is 16.8. The lowest BCUT2D eigenvalue weighted by atomic mass is 10.0. The molecule has 148 valence electrons. The fourth-order valence-electron chi connectivity index (χ4n) is 3.37. The van der Waals surface area contributed by atoms with Crippen molar-refractivity contribution >= 4 is 49.7 Å². The molecule has 1 aromatic heterocycles. The number of esters is 2. The SMILES string of the molecule is CCOC(=O)c1ccc2c(c1)c1c(C(=O)OC(C)(C)C)cc(Br)cc1n2CC. The molecule has 0 bridgehead atoms. The number of carbonyl (C=O) groups is 2. The van der Waals surface area contributed by atoms with E-state index in [0.29, 0.717) is 17.7 Å². The number of carbonyl (C=O) groups excluding carboxylic acids is 2. The van der Waals surface area contributed by atoms with E-state index in [0.717, 1.165) is 32.8 Å². The van der Waals surface area contributed by atoms with Crippen molar-refractivity contribution in [1.29, 1.82) is 0 Å². The van der Waals surface area contributed by atoms with Gasteiger partial charge in [-0.2, -0.15) is 0 Å². The van der Waals surface area contributed by atoms with Gasteiger partial charge in [-0.25, -0.2) is 9.59 Å². The lowest BCUT2D eigenvalue weighted by Gasteiger charge is -2.20. The molecule has 3 rings (SSSR count). The third-order valence-corrected chi connectivity index (χ3v) is 4.83. The molecule has 3 aromatic rings. The highest BCUT2D eigenvalue weighted by atomic mass is 79.9. The van der Waals surface area contributed by atoms with E-state index in [9.17, 15) is 9.59 Å². The van der Waals surface area contributed by atoms with Crippen molar-refractivity contribution in [2.75, 3.05) is 6.61 Å². The molecule has 0 N–H and O–H groups in total. The van der Waals surface area contributed by atoms with Gasteiger partial charge in [-0.3, -0.25) is 0 Å². The highest BCUT2D eigenvalue weighted by Crippen LogP contribution is 2.35. The van der Waals surface area contributed by atoms with Gasteiger partial charge in [0.25, 0.3) is 0 Å². The Hall–Kier alpha value is -2.34. The first-order valence-electron chi connectivity index (χ1n) is 9.32. The first kappa shape index (κ1) is 20.4. The predicted molar refractivity (Wildman–Crippen MR) is 114 cm³/mol. The average Bonchev–Trinajstić information content (AvgIpc) is 2.92. The van der Waals surface area contributed by atoms with Gasteiger partial charge >= 0.3 is 11.9 Å². The molecule has 6 heteroatoms. The molecule has 2 aromatic carbocycles. The summed E-state index contributed by atoms with van der Waals surface area (Å²) in [5.41, 5.74) is 2.19. The minimum atomic E-state index is -0.606. The molecule has 0 aliphatic heterocycles. The van der Waals surface area contributed by atoms with Crippen LogP contribution in [0.1, 0.15) is 55.3 Å². The fraction of sp³-hybridized carbons (Fsp3) is 0.364. The molecule has 0 saturated heterocycles. The maximum atomic E-state index is 12.9. The van der Waals surface area contributed by atoms with Crippen LogP contribution in [0.25, 0.3) is 21.8 Å². The minimum absolute atomic E-state index is 0.309. The summed E-state index contributed by atoms with van der Waals surface area (Å²) in [7, 11) is 0. The number of aromatic nitrogens is 1. The zero-order valence-corrected chi connectivity index (χ0v) is 18.3. The molecule has 0 fully saturated rings. The quantitative estimate of drug-likeness (QED) is 0.482. The van der Waals surface area contributed by atoms with Crippen LogP contribution in [0.4, 0.5) is 0 Å². The Morgan fingerprint density at radius 2 is 1.75 bits per heavy atom. The summed E-state index contributed by atoms with van der Waals surface area (Å²) in [6.45, 7) is 10.4. The number of fused-ring (bicyclic) bond motifs is 3. The summed E-state index contributed by atoms with van der Waals surface area (Å²) in [6.07, 6.45) is 0. The van der Waals surface area contributed by atoms with Gasteiger partial charge in [0.05, 0.1) is 23.3 Å². The van der Waals surface area contributed by atoms with Crippen LogP contribution in [-0.2, 0) is 16.0 Å². The van der Waals surface area contributed by atoms with Crippen LogP contribution in [0.5, 0.6) is 0 Å². The highest BCUT2D eigenvalue weighted by Gasteiger charge is 2.24. The molecule has 0 radical (unpaired) electrons. The largest absolute Gasteiger partial charge is 0.462 e. The zero-order chi connectivity index (χ0) is 20.6. The van der Waals surface area contributed by atoms with Gasteiger partial charge in [-0.05, 0) is 65.0 Å². The summed E-state index contributed by atoms with van der Waals surface area (Å²) in [5, 5.41) is 1.61. The Morgan fingerprint density at radius 1 is 1.04 bits per heavy atom. The average molecular weight is 446 g/mol. The number of aryl methyl sites for hydroxylation is 1. The van der Waals surface area contributed by atoms with Crippen molar-refractivity contribution in [1.82, 2.24) is 4.57 Å². The normalized spacial score (nSPS) is 11.8. The number of benzene rings is 2. The summed E-state index contributed by atoms with van der Waals surface area (Å²) < 4.78 is 13.7. The van der Waals surface area contributed by atoms with E-state index in [2.05, 4.69) is 20.5 Å². The number of hydrogen-bond donors (Lipinski definition) is 0. The summed E-state index contributed by atoms with van der Waals surface area (Å²) >= 11 is 3.51. The predicted octanol–water partition coefficient (Wildman–Crippen LogP) is 5.71. The van der Waals surface area contributed by atoms with E-state index in [-0.39, 0.29) is 5.97 Å². The monoisotopic (exact) mass is 445 g/mol. The van der Waals surface area contributed by atoms with Crippen LogP contribution in [-0.4, -0.2) is 28.7 Å². The molecular formula is C22H24BrNO4. The Labute approximate surface area is 172 Å². The second kappa shape index (κ2) is 7.59. The molecule has 1 heterocycles. The molecule has 0 unspecified atom stereocenters. The van der Waals surface area contributed by atoms with Crippen molar-refractivity contribution in [3.63, 3.8) is 0 Å². The van der Waals surface area contributed by atoms with Crippen molar-refractivity contribution in [2.24, 2.45) is 0 Å². The molecule has 0 aliphatic carbocycles. The van der Waals surface area contributed by atoms with Crippen LogP contribution in [0.2, 0.25) is 0 Å². The van der Waals surface area contributed by atoms with Gasteiger partial charge in [0.1, 0.15) is 5.60 Å². The summed E-state index contributed by atoms with van der Waals surface area (Å²) in [4.78, 5) is 25.2. The third-order valence-electron chi connectivity index (χ3n) is 4.38. The Kier molecular flexibility index (Phi) is 5.53. The second-order valence-electron chi connectivity index (χ2n) is 7.55. The second-order valence-corrected chi connectivity index (χ2v) is 8.46. The molecule has 0 saturated carbocycles. The lowest BCUT2D eigenvalue weighted by Crippen LogP contribution is -2.24. The van der Waals surface area contributed by atoms with Gasteiger partial charge in [0.15, 0.2) is 0 Å². The van der Waals surface area contributed by atoms with Gasteiger partial charge in [-0.1, -0.05) is 15.9 Å². The first-order chi connectivity index (χ1) is 13.2. The smallest absolute Gasteiger partial charge is 0.339 e. The van der Waals surface area contributed by atoms with Crippen molar-refractivity contribution in [3.8, 4) is 0 Å². The van der Waals surface area contributed by atoms with Gasteiger partial charge in [-0.15, -0.1) is 0 Å². The maximum Gasteiger partial charge on any atom is 0.339 e. The van der Waals surface area contributed by atoms with Gasteiger partial charge in [0, 0.05) is 27.3 Å². The Balaban J connectivity index is 2.34. The lowest BCUT2D eigenvalue weighted by molar-refractivity contribution is 0.00716. The van der Waals surface area contributed by atoms with E-state index in [1.54, 1.807) is 25.1 Å². The number of ether oxygens (including phenoxy) is 2. The van der Waals surface area contributed by atoms with E-state index < -0.39 is 11.6 Å². The van der Waals surface area contributed by atoms with E-state index in [4.69, 9.17) is 9.47 Å². The first-order valence-corrected chi connectivity index (χ1v) is 10.1. The molecule has 0 amide bonds. The molecular weight excluding hydrogens is 422 g/mol. The topological polar surface area (TPSA) is 57.5 Å². The molecule has 0 spiro atoms. The van der Waals surface area contributed by atoms with E-state index in [1.807, 2.05) is 39.8 Å². The van der Waals surface area contributed by atoms with Crippen LogP contribution >= 0.6 is 15.9 Å². The van der Waals surface area contributed by atoms with Crippen LogP contribution < -0.4 is 0 Å². The summed E-state index contributed by atoms with van der Waals surface area (Å²) in [6, 6.07) is 9.21. The molecule has 28 heavy (non-hydrogen) atoms. The fourth-order valence-corrected chi connectivity index (χ4v) is 3.81. The number of nitrogens with zero attached hydrogens (tertiary/aromatic N) is 1. The van der Waals surface area contributed by atoms with Crippen molar-refractivity contribution in [2.45, 2.75) is 46.8 Å². The van der Waals surface area contributed by atoms with Crippen molar-refractivity contribution in [3.05, 3.63) is 45.9 Å². The maximum absolute atomic E-state index is 12.9. The molecule has 5 nitrogen and oxygen atoms in total. The van der Waals surface area contributed by atoms with Crippen LogP contribution in [0.15, 0.2) is 34.8 Å². The third kappa shape index (κ3) is 3.78. The minimum Gasteiger partial charge on any atom is -0.462 e. The molecule has 0 aliphatic rings.